The molecule has 7 atom stereocenters. The zero-order chi connectivity index (χ0) is 55.8. The molecule has 1 saturated heterocycles. The maximum atomic E-state index is 13.1. The maximum Gasteiger partial charge on any atom is 0.220 e. The van der Waals surface area contributed by atoms with Crippen molar-refractivity contribution in [2.75, 3.05) is 13.2 Å². The zero-order valence-electron chi connectivity index (χ0n) is 50.7. The number of hydrogen-bond acceptors (Lipinski definition) is 8. The lowest BCUT2D eigenvalue weighted by Crippen LogP contribution is -2.60. The first-order valence-electron chi connectivity index (χ1n) is 33.7. The largest absolute Gasteiger partial charge is 0.394 e. The maximum absolute atomic E-state index is 13.1. The molecule has 0 bridgehead atoms. The summed E-state index contributed by atoms with van der Waals surface area (Å²) in [5.74, 6) is -0.184. The molecule has 1 aliphatic rings. The molecule has 0 spiro atoms. The first-order chi connectivity index (χ1) is 37.8. The lowest BCUT2D eigenvalue weighted by molar-refractivity contribution is -0.302. The van der Waals surface area contributed by atoms with E-state index in [1.807, 2.05) is 6.08 Å². The van der Waals surface area contributed by atoms with Crippen LogP contribution in [0.1, 0.15) is 335 Å². The van der Waals surface area contributed by atoms with Crippen LogP contribution in [-0.4, -0.2) is 87.5 Å². The van der Waals surface area contributed by atoms with E-state index in [0.29, 0.717) is 6.42 Å². The van der Waals surface area contributed by atoms with Gasteiger partial charge in [-0.15, -0.1) is 0 Å². The highest BCUT2D eigenvalue weighted by molar-refractivity contribution is 5.76. The number of aliphatic hydroxyl groups is 5. The highest BCUT2D eigenvalue weighted by Crippen LogP contribution is 2.23. The van der Waals surface area contributed by atoms with E-state index >= 15 is 0 Å². The molecule has 9 nitrogen and oxygen atoms in total. The molecule has 7 unspecified atom stereocenters. The van der Waals surface area contributed by atoms with Gasteiger partial charge in [0, 0.05) is 6.42 Å². The SMILES string of the molecule is CCCCCCCCCCCCCCC/C=C/CC/C=C/CC/C=C/C(O)C(COC1OC(CO)C(O)C(O)C1O)NC(=O)CCCCCCCCCCCCCCCCCCCCCCCCCCCCCCCCC. The van der Waals surface area contributed by atoms with E-state index in [1.54, 1.807) is 6.08 Å². The van der Waals surface area contributed by atoms with Crippen LogP contribution in [0, 0.1) is 0 Å². The standard InChI is InChI=1S/C68H129NO8/c1-3-5-7-9-11-13-15-17-19-21-23-25-27-28-29-30-31-32-33-34-36-38-40-42-44-46-48-50-52-54-56-58-64(72)69-61(60-76-68-67(75)66(74)65(73)63(59-70)77-68)62(71)57-55-53-51-49-47-45-43-41-39-37-35-26-24-22-20-18-16-14-12-10-8-6-4-2/h39,41,47,49,55,57,61-63,65-68,70-71,73-75H,3-38,40,42-46,48,50-54,56,58-60H2,1-2H3,(H,69,72)/b41-39+,49-47+,57-55+. The fourth-order valence-electron chi connectivity index (χ4n) is 10.9. The predicted molar refractivity (Wildman–Crippen MR) is 327 cm³/mol. The minimum Gasteiger partial charge on any atom is -0.394 e. The average molecular weight is 1090 g/mol. The van der Waals surface area contributed by atoms with Gasteiger partial charge in [0.05, 0.1) is 25.4 Å². The normalized spacial score (nSPS) is 18.9. The first-order valence-corrected chi connectivity index (χ1v) is 33.7. The third-order valence-corrected chi connectivity index (χ3v) is 16.2. The molecule has 0 saturated carbocycles. The highest BCUT2D eigenvalue weighted by Gasteiger charge is 2.44. The minimum absolute atomic E-state index is 0.184. The molecule has 1 aliphatic heterocycles. The molecule has 1 fully saturated rings. The number of allylic oxidation sites excluding steroid dienone is 5. The van der Waals surface area contributed by atoms with Gasteiger partial charge in [0.15, 0.2) is 6.29 Å². The molecule has 0 aromatic heterocycles. The van der Waals surface area contributed by atoms with E-state index in [9.17, 15) is 30.3 Å². The van der Waals surface area contributed by atoms with Crippen molar-refractivity contribution < 1.29 is 39.8 Å². The molecule has 0 aromatic rings. The summed E-state index contributed by atoms with van der Waals surface area (Å²) in [6.45, 7) is 3.81. The quantitative estimate of drug-likeness (QED) is 0.0261. The van der Waals surface area contributed by atoms with E-state index < -0.39 is 49.5 Å². The van der Waals surface area contributed by atoms with Gasteiger partial charge in [-0.3, -0.25) is 4.79 Å². The second-order valence-corrected chi connectivity index (χ2v) is 23.6. The van der Waals surface area contributed by atoms with Crippen LogP contribution in [0.2, 0.25) is 0 Å². The van der Waals surface area contributed by atoms with Crippen LogP contribution in [0.4, 0.5) is 0 Å². The summed E-state index contributed by atoms with van der Waals surface area (Å²) < 4.78 is 11.3. The van der Waals surface area contributed by atoms with Crippen LogP contribution < -0.4 is 5.32 Å². The smallest absolute Gasteiger partial charge is 0.220 e. The number of amides is 1. The monoisotopic (exact) mass is 1090 g/mol. The van der Waals surface area contributed by atoms with E-state index in [1.165, 1.54) is 270 Å². The van der Waals surface area contributed by atoms with E-state index in [4.69, 9.17) is 9.47 Å². The summed E-state index contributed by atoms with van der Waals surface area (Å²) in [5, 5.41) is 54.6. The second-order valence-electron chi connectivity index (χ2n) is 23.6. The third-order valence-electron chi connectivity index (χ3n) is 16.2. The third kappa shape index (κ3) is 46.7. The fraction of sp³-hybridized carbons (Fsp3) is 0.897. The first kappa shape index (κ1) is 73.4. The predicted octanol–water partition coefficient (Wildman–Crippen LogP) is 17.9. The van der Waals surface area contributed by atoms with Gasteiger partial charge in [0.2, 0.25) is 5.91 Å². The molecule has 6 N–H and O–H groups in total. The Kier molecular flexibility index (Phi) is 55.0. The molecule has 77 heavy (non-hydrogen) atoms. The molecule has 0 aromatic carbocycles. The number of unbranched alkanes of at least 4 members (excludes halogenated alkanes) is 45. The van der Waals surface area contributed by atoms with Gasteiger partial charge in [-0.1, -0.05) is 320 Å². The Balaban J connectivity index is 2.15. The highest BCUT2D eigenvalue weighted by atomic mass is 16.7. The molecule has 454 valence electrons. The van der Waals surface area contributed by atoms with Gasteiger partial charge in [-0.2, -0.15) is 0 Å². The van der Waals surface area contributed by atoms with Crippen molar-refractivity contribution in [2.45, 2.75) is 378 Å². The molecule has 1 heterocycles. The van der Waals surface area contributed by atoms with Crippen molar-refractivity contribution in [1.82, 2.24) is 5.32 Å². The molecule has 1 rings (SSSR count). The Hall–Kier alpha value is -1.59. The summed E-state index contributed by atoms with van der Waals surface area (Å²) >= 11 is 0. The Morgan fingerprint density at radius 3 is 1.09 bits per heavy atom. The number of hydrogen-bond donors (Lipinski definition) is 6. The fourth-order valence-corrected chi connectivity index (χ4v) is 10.9. The van der Waals surface area contributed by atoms with Gasteiger partial charge in [0.1, 0.15) is 24.4 Å². The number of aliphatic hydroxyl groups excluding tert-OH is 5. The molecule has 1 amide bonds. The molecule has 9 heteroatoms. The van der Waals surface area contributed by atoms with Crippen molar-refractivity contribution in [3.8, 4) is 0 Å². The summed E-state index contributed by atoms with van der Waals surface area (Å²) in [6, 6.07) is -0.827. The van der Waals surface area contributed by atoms with E-state index in [0.717, 1.165) is 44.9 Å². The number of rotatable bonds is 59. The Morgan fingerprint density at radius 2 is 0.740 bits per heavy atom. The number of nitrogens with one attached hydrogen (secondary N) is 1. The van der Waals surface area contributed by atoms with Crippen molar-refractivity contribution in [3.63, 3.8) is 0 Å². The van der Waals surface area contributed by atoms with Crippen LogP contribution >= 0.6 is 0 Å². The van der Waals surface area contributed by atoms with Gasteiger partial charge in [-0.05, 0) is 44.9 Å². The average Bonchev–Trinajstić information content (AvgIpc) is 3.43. The van der Waals surface area contributed by atoms with Gasteiger partial charge >= 0.3 is 0 Å². The van der Waals surface area contributed by atoms with E-state index in [-0.39, 0.29) is 12.5 Å². The van der Waals surface area contributed by atoms with Crippen molar-refractivity contribution >= 4 is 5.91 Å². The molecule has 0 radical (unpaired) electrons. The van der Waals surface area contributed by atoms with Gasteiger partial charge < -0.3 is 40.3 Å². The van der Waals surface area contributed by atoms with Crippen LogP contribution in [-0.2, 0) is 14.3 Å². The van der Waals surface area contributed by atoms with E-state index in [2.05, 4.69) is 43.5 Å². The molecular formula is C68H129NO8. The van der Waals surface area contributed by atoms with Gasteiger partial charge in [-0.25, -0.2) is 0 Å². The summed E-state index contributed by atoms with van der Waals surface area (Å²) in [6.07, 6.45) is 69.7. The van der Waals surface area contributed by atoms with Crippen LogP contribution in [0.25, 0.3) is 0 Å². The lowest BCUT2D eigenvalue weighted by atomic mass is 9.99. The zero-order valence-corrected chi connectivity index (χ0v) is 50.7. The Morgan fingerprint density at radius 1 is 0.429 bits per heavy atom. The van der Waals surface area contributed by atoms with Crippen molar-refractivity contribution in [3.05, 3.63) is 36.5 Å². The van der Waals surface area contributed by atoms with Crippen LogP contribution in [0.5, 0.6) is 0 Å². The summed E-state index contributed by atoms with van der Waals surface area (Å²) in [7, 11) is 0. The van der Waals surface area contributed by atoms with Crippen molar-refractivity contribution in [2.24, 2.45) is 0 Å². The Labute approximate surface area is 476 Å². The van der Waals surface area contributed by atoms with Crippen molar-refractivity contribution in [1.29, 1.82) is 0 Å². The number of carbonyl (C=O) groups excluding carboxylic acids is 1. The minimum atomic E-state index is -1.57. The number of carbonyl (C=O) groups is 1. The molecular weight excluding hydrogens is 959 g/mol. The number of ether oxygens (including phenoxy) is 2. The molecule has 0 aliphatic carbocycles. The van der Waals surface area contributed by atoms with Crippen LogP contribution in [0.15, 0.2) is 36.5 Å². The summed E-state index contributed by atoms with van der Waals surface area (Å²) in [5.41, 5.74) is 0. The second kappa shape index (κ2) is 57.6. The topological polar surface area (TPSA) is 149 Å². The summed E-state index contributed by atoms with van der Waals surface area (Å²) in [4.78, 5) is 13.1. The van der Waals surface area contributed by atoms with Gasteiger partial charge in [0.25, 0.3) is 0 Å². The Bertz CT molecular complexity index is 1310. The lowest BCUT2D eigenvalue weighted by Gasteiger charge is -2.40. The van der Waals surface area contributed by atoms with Crippen LogP contribution in [0.3, 0.4) is 0 Å².